The van der Waals surface area contributed by atoms with Crippen molar-refractivity contribution >= 4 is 12.2 Å². The number of para-hydroxylation sites is 2. The van der Waals surface area contributed by atoms with Crippen LogP contribution in [-0.2, 0) is 4.79 Å². The van der Waals surface area contributed by atoms with Crippen LogP contribution in [-0.4, -0.2) is 18.2 Å². The SMILES string of the molecule is Nc1ccccc1OCC1CC1.O=CO. The minimum absolute atomic E-state index is 0.250. The summed E-state index contributed by atoms with van der Waals surface area (Å²) in [5.74, 6) is 1.61. The Balaban J connectivity index is 0.000000337. The Morgan fingerprint density at radius 2 is 2.07 bits per heavy atom. The third kappa shape index (κ3) is 4.35. The Morgan fingerprint density at radius 3 is 2.60 bits per heavy atom. The van der Waals surface area contributed by atoms with Crippen LogP contribution in [0, 0.1) is 5.92 Å². The Labute approximate surface area is 88.7 Å². The number of ether oxygens (including phenoxy) is 1. The van der Waals surface area contributed by atoms with Gasteiger partial charge >= 0.3 is 0 Å². The first-order chi connectivity index (χ1) is 7.27. The van der Waals surface area contributed by atoms with Crippen LogP contribution in [0.25, 0.3) is 0 Å². The average Bonchev–Trinajstić information content (AvgIpc) is 3.02. The molecule has 0 unspecified atom stereocenters. The summed E-state index contributed by atoms with van der Waals surface area (Å²) in [5.41, 5.74) is 6.44. The lowest BCUT2D eigenvalue weighted by Gasteiger charge is -2.06. The van der Waals surface area contributed by atoms with Crippen molar-refractivity contribution in [2.45, 2.75) is 12.8 Å². The van der Waals surface area contributed by atoms with Gasteiger partial charge in [-0.2, -0.15) is 0 Å². The van der Waals surface area contributed by atoms with Gasteiger partial charge in [-0.15, -0.1) is 0 Å². The van der Waals surface area contributed by atoms with Crippen molar-refractivity contribution in [3.8, 4) is 5.75 Å². The second-order valence-corrected chi connectivity index (χ2v) is 3.40. The molecule has 82 valence electrons. The summed E-state index contributed by atoms with van der Waals surface area (Å²) in [6, 6.07) is 7.64. The number of hydrogen-bond acceptors (Lipinski definition) is 3. The lowest BCUT2D eigenvalue weighted by molar-refractivity contribution is -0.122. The van der Waals surface area contributed by atoms with E-state index >= 15 is 0 Å². The summed E-state index contributed by atoms with van der Waals surface area (Å²) >= 11 is 0. The van der Waals surface area contributed by atoms with Crippen LogP contribution in [0.5, 0.6) is 5.75 Å². The van der Waals surface area contributed by atoms with Crippen LogP contribution < -0.4 is 10.5 Å². The normalized spacial score (nSPS) is 13.6. The maximum atomic E-state index is 8.36. The standard InChI is InChI=1S/C10H13NO.CH2O2/c11-9-3-1-2-4-10(9)12-7-8-5-6-8;2-1-3/h1-4,8H,5-7,11H2;1H,(H,2,3). The zero-order valence-corrected chi connectivity index (χ0v) is 8.43. The van der Waals surface area contributed by atoms with Crippen LogP contribution in [0.1, 0.15) is 12.8 Å². The van der Waals surface area contributed by atoms with Gasteiger partial charge in [-0.1, -0.05) is 12.1 Å². The Kier molecular flexibility index (Phi) is 4.47. The van der Waals surface area contributed by atoms with Crippen LogP contribution in [0.15, 0.2) is 24.3 Å². The van der Waals surface area contributed by atoms with Gasteiger partial charge < -0.3 is 15.6 Å². The molecular weight excluding hydrogens is 194 g/mol. The van der Waals surface area contributed by atoms with Gasteiger partial charge in [0.2, 0.25) is 0 Å². The molecule has 3 N–H and O–H groups in total. The summed E-state index contributed by atoms with van der Waals surface area (Å²) in [4.78, 5) is 8.36. The lowest BCUT2D eigenvalue weighted by atomic mass is 10.3. The molecule has 0 heterocycles. The highest BCUT2D eigenvalue weighted by molar-refractivity contribution is 5.51. The molecule has 0 atom stereocenters. The molecule has 1 aromatic carbocycles. The topological polar surface area (TPSA) is 72.5 Å². The van der Waals surface area contributed by atoms with E-state index < -0.39 is 0 Å². The Hall–Kier alpha value is -1.71. The quantitative estimate of drug-likeness (QED) is 0.587. The van der Waals surface area contributed by atoms with E-state index in [0.29, 0.717) is 0 Å². The van der Waals surface area contributed by atoms with E-state index in [1.54, 1.807) is 0 Å². The second kappa shape index (κ2) is 5.90. The van der Waals surface area contributed by atoms with Crippen molar-refractivity contribution in [1.29, 1.82) is 0 Å². The smallest absolute Gasteiger partial charge is 0.290 e. The molecule has 1 fully saturated rings. The minimum Gasteiger partial charge on any atom is -0.491 e. The van der Waals surface area contributed by atoms with Gasteiger partial charge in [0.25, 0.3) is 6.47 Å². The fourth-order valence-electron chi connectivity index (χ4n) is 1.10. The molecule has 1 aliphatic carbocycles. The molecule has 15 heavy (non-hydrogen) atoms. The lowest BCUT2D eigenvalue weighted by Crippen LogP contribution is -2.01. The number of rotatable bonds is 3. The van der Waals surface area contributed by atoms with Crippen molar-refractivity contribution in [2.24, 2.45) is 5.92 Å². The summed E-state index contributed by atoms with van der Waals surface area (Å²) in [5, 5.41) is 6.89. The fourth-order valence-corrected chi connectivity index (χ4v) is 1.10. The van der Waals surface area contributed by atoms with Crippen molar-refractivity contribution in [1.82, 2.24) is 0 Å². The molecule has 0 bridgehead atoms. The molecule has 2 rings (SSSR count). The van der Waals surface area contributed by atoms with Gasteiger partial charge in [-0.3, -0.25) is 4.79 Å². The molecule has 0 aromatic heterocycles. The van der Waals surface area contributed by atoms with Crippen molar-refractivity contribution in [3.05, 3.63) is 24.3 Å². The first-order valence-electron chi connectivity index (χ1n) is 4.83. The number of hydrogen-bond donors (Lipinski definition) is 2. The van der Waals surface area contributed by atoms with Gasteiger partial charge in [0.15, 0.2) is 0 Å². The van der Waals surface area contributed by atoms with Gasteiger partial charge in [-0.25, -0.2) is 0 Å². The number of nitrogen functional groups attached to an aromatic ring is 1. The first-order valence-corrected chi connectivity index (χ1v) is 4.83. The maximum absolute atomic E-state index is 8.36. The number of nitrogens with two attached hydrogens (primary N) is 1. The van der Waals surface area contributed by atoms with Crippen LogP contribution >= 0.6 is 0 Å². The van der Waals surface area contributed by atoms with E-state index in [9.17, 15) is 0 Å². The van der Waals surface area contributed by atoms with E-state index in [4.69, 9.17) is 20.4 Å². The monoisotopic (exact) mass is 209 g/mol. The summed E-state index contributed by atoms with van der Waals surface area (Å²) in [6.45, 7) is 0.578. The predicted octanol–water partition coefficient (Wildman–Crippen LogP) is 1.76. The molecule has 0 radical (unpaired) electrons. The highest BCUT2D eigenvalue weighted by Crippen LogP contribution is 2.30. The predicted molar refractivity (Wildman–Crippen MR) is 57.8 cm³/mol. The Morgan fingerprint density at radius 1 is 1.47 bits per heavy atom. The molecule has 0 saturated heterocycles. The van der Waals surface area contributed by atoms with E-state index in [1.165, 1.54) is 12.8 Å². The molecule has 1 aromatic rings. The van der Waals surface area contributed by atoms with Gasteiger partial charge in [0.05, 0.1) is 12.3 Å². The number of benzene rings is 1. The first kappa shape index (κ1) is 11.4. The maximum Gasteiger partial charge on any atom is 0.290 e. The molecule has 1 aliphatic rings. The van der Waals surface area contributed by atoms with Crippen molar-refractivity contribution in [2.75, 3.05) is 12.3 Å². The molecule has 0 aliphatic heterocycles. The number of carboxylic acid groups (broad SMARTS) is 1. The molecule has 1 saturated carbocycles. The van der Waals surface area contributed by atoms with E-state index in [-0.39, 0.29) is 6.47 Å². The molecule has 4 heteroatoms. The third-order valence-electron chi connectivity index (χ3n) is 2.09. The summed E-state index contributed by atoms with van der Waals surface area (Å²) in [7, 11) is 0. The second-order valence-electron chi connectivity index (χ2n) is 3.40. The average molecular weight is 209 g/mol. The Bertz CT molecular complexity index is 310. The summed E-state index contributed by atoms with van der Waals surface area (Å²) < 4.78 is 5.54. The summed E-state index contributed by atoms with van der Waals surface area (Å²) in [6.07, 6.45) is 2.62. The van der Waals surface area contributed by atoms with Gasteiger partial charge in [-0.05, 0) is 30.9 Å². The van der Waals surface area contributed by atoms with Crippen molar-refractivity contribution < 1.29 is 14.6 Å². The van der Waals surface area contributed by atoms with Crippen LogP contribution in [0.3, 0.4) is 0 Å². The molecule has 4 nitrogen and oxygen atoms in total. The zero-order valence-electron chi connectivity index (χ0n) is 8.43. The fraction of sp³-hybridized carbons (Fsp3) is 0.364. The molecule has 0 amide bonds. The highest BCUT2D eigenvalue weighted by Gasteiger charge is 2.22. The number of carbonyl (C=O) groups is 1. The van der Waals surface area contributed by atoms with Crippen LogP contribution in [0.2, 0.25) is 0 Å². The number of anilines is 1. The van der Waals surface area contributed by atoms with Crippen molar-refractivity contribution in [3.63, 3.8) is 0 Å². The van der Waals surface area contributed by atoms with E-state index in [1.807, 2.05) is 24.3 Å². The van der Waals surface area contributed by atoms with E-state index in [0.717, 1.165) is 24.0 Å². The third-order valence-corrected chi connectivity index (χ3v) is 2.09. The molecule has 0 spiro atoms. The van der Waals surface area contributed by atoms with Gasteiger partial charge in [0, 0.05) is 0 Å². The molecular formula is C11H15NO3. The zero-order chi connectivity index (χ0) is 11.1. The highest BCUT2D eigenvalue weighted by atomic mass is 16.5. The van der Waals surface area contributed by atoms with Crippen LogP contribution in [0.4, 0.5) is 5.69 Å². The largest absolute Gasteiger partial charge is 0.491 e. The van der Waals surface area contributed by atoms with Gasteiger partial charge in [0.1, 0.15) is 5.75 Å². The minimum atomic E-state index is -0.250. The van der Waals surface area contributed by atoms with E-state index in [2.05, 4.69) is 0 Å².